The van der Waals surface area contributed by atoms with Crippen molar-refractivity contribution >= 4 is 33.4 Å². The molecule has 0 aliphatic heterocycles. The van der Waals surface area contributed by atoms with E-state index in [4.69, 9.17) is 4.74 Å². The first kappa shape index (κ1) is 24.3. The maximum absolute atomic E-state index is 13.0. The first-order valence-electron chi connectivity index (χ1n) is 9.80. The fourth-order valence-corrected chi connectivity index (χ4v) is 4.65. The van der Waals surface area contributed by atoms with Gasteiger partial charge in [0, 0.05) is 30.4 Å². The molecule has 0 spiro atoms. The molecule has 2 rings (SSSR count). The molecule has 0 radical (unpaired) electrons. The van der Waals surface area contributed by atoms with Crippen molar-refractivity contribution in [3.8, 4) is 0 Å². The number of ketones is 1. The molecule has 1 amide bonds. The van der Waals surface area contributed by atoms with Crippen LogP contribution in [0.15, 0.2) is 29.2 Å². The minimum Gasteiger partial charge on any atom is -0.461 e. The summed E-state index contributed by atoms with van der Waals surface area (Å²) < 4.78 is 32.1. The zero-order chi connectivity index (χ0) is 23.3. The van der Waals surface area contributed by atoms with Crippen molar-refractivity contribution in [2.24, 2.45) is 0 Å². The number of H-pyrrole nitrogens is 1. The lowest BCUT2D eigenvalue weighted by Gasteiger charge is -2.20. The minimum absolute atomic E-state index is 0.00553. The number of aromatic nitrogens is 1. The number of carbonyl (C=O) groups is 3. The van der Waals surface area contributed by atoms with Crippen molar-refractivity contribution in [3.63, 3.8) is 0 Å². The Morgan fingerprint density at radius 1 is 1.10 bits per heavy atom. The number of aryl methyl sites for hydroxylation is 1. The van der Waals surface area contributed by atoms with Crippen LogP contribution in [0.2, 0.25) is 0 Å². The predicted octanol–water partition coefficient (Wildman–Crippen LogP) is 2.66. The highest BCUT2D eigenvalue weighted by molar-refractivity contribution is 7.89. The Morgan fingerprint density at radius 2 is 1.71 bits per heavy atom. The molecule has 10 heteroatoms. The molecule has 168 valence electrons. The summed E-state index contributed by atoms with van der Waals surface area (Å²) in [5.41, 5.74) is 1.82. The van der Waals surface area contributed by atoms with Gasteiger partial charge in [0.1, 0.15) is 5.69 Å². The maximum atomic E-state index is 13.0. The number of Topliss-reactive ketones (excluding diaryl/α,β-unsaturated/α-hetero) is 1. The summed E-state index contributed by atoms with van der Waals surface area (Å²) >= 11 is 0. The molecule has 0 saturated carbocycles. The lowest BCUT2D eigenvalue weighted by Crippen LogP contribution is -2.35. The van der Waals surface area contributed by atoms with Crippen molar-refractivity contribution in [1.82, 2.24) is 9.29 Å². The molecule has 9 nitrogen and oxygen atoms in total. The van der Waals surface area contributed by atoms with Crippen molar-refractivity contribution < 1.29 is 27.5 Å². The van der Waals surface area contributed by atoms with Crippen LogP contribution in [0.5, 0.6) is 0 Å². The molecule has 0 aliphatic rings. The first-order chi connectivity index (χ1) is 14.5. The van der Waals surface area contributed by atoms with Gasteiger partial charge >= 0.3 is 5.97 Å². The van der Waals surface area contributed by atoms with E-state index in [9.17, 15) is 22.8 Å². The zero-order valence-corrected chi connectivity index (χ0v) is 19.1. The summed E-state index contributed by atoms with van der Waals surface area (Å²) in [6.45, 7) is 7.83. The first-order valence-corrected chi connectivity index (χ1v) is 11.2. The summed E-state index contributed by atoms with van der Waals surface area (Å²) in [4.78, 5) is 39.1. The van der Waals surface area contributed by atoms with Crippen molar-refractivity contribution in [3.05, 3.63) is 46.8 Å². The highest BCUT2D eigenvalue weighted by Gasteiger charge is 2.29. The third-order valence-corrected chi connectivity index (χ3v) is 6.62. The lowest BCUT2D eigenvalue weighted by molar-refractivity contribution is -0.114. The molecule has 2 aromatic rings. The molecule has 1 heterocycles. The molecule has 0 fully saturated rings. The number of benzene rings is 1. The Bertz CT molecular complexity index is 1090. The number of rotatable bonds is 9. The zero-order valence-electron chi connectivity index (χ0n) is 18.2. The maximum Gasteiger partial charge on any atom is 0.355 e. The number of sulfonamides is 1. The third kappa shape index (κ3) is 5.39. The van der Waals surface area contributed by atoms with E-state index in [0.717, 1.165) is 4.31 Å². The van der Waals surface area contributed by atoms with Crippen LogP contribution in [0.25, 0.3) is 0 Å². The Balaban J connectivity index is 2.29. The monoisotopic (exact) mass is 449 g/mol. The summed E-state index contributed by atoms with van der Waals surface area (Å²) in [5.74, 6) is -1.26. The summed E-state index contributed by atoms with van der Waals surface area (Å²) in [6, 6.07) is 5.71. The van der Waals surface area contributed by atoms with Crippen LogP contribution in [-0.4, -0.2) is 55.1 Å². The largest absolute Gasteiger partial charge is 0.461 e. The number of amides is 1. The van der Waals surface area contributed by atoms with Crippen LogP contribution in [0.1, 0.15) is 52.9 Å². The molecule has 2 N–H and O–H groups in total. The normalized spacial score (nSPS) is 11.4. The van der Waals surface area contributed by atoms with Gasteiger partial charge in [0.15, 0.2) is 5.78 Å². The van der Waals surface area contributed by atoms with E-state index in [2.05, 4.69) is 10.3 Å². The number of likely N-dealkylation sites (N-methyl/N-ethyl adjacent to an activating group) is 1. The molecule has 1 aromatic carbocycles. The number of esters is 1. The topological polar surface area (TPSA) is 126 Å². The van der Waals surface area contributed by atoms with Gasteiger partial charge < -0.3 is 15.0 Å². The molecule has 0 atom stereocenters. The van der Waals surface area contributed by atoms with Gasteiger partial charge in [-0.05, 0) is 50.6 Å². The average molecular weight is 450 g/mol. The number of hydrogen-bond donors (Lipinski definition) is 2. The van der Waals surface area contributed by atoms with Gasteiger partial charge in [0.05, 0.1) is 18.0 Å². The molecule has 0 unspecified atom stereocenters. The van der Waals surface area contributed by atoms with Crippen molar-refractivity contribution in [1.29, 1.82) is 0 Å². The van der Waals surface area contributed by atoms with Crippen LogP contribution in [-0.2, 0) is 19.6 Å². The Kier molecular flexibility index (Phi) is 7.75. The van der Waals surface area contributed by atoms with Crippen LogP contribution in [0.4, 0.5) is 5.69 Å². The van der Waals surface area contributed by atoms with E-state index >= 15 is 0 Å². The van der Waals surface area contributed by atoms with Gasteiger partial charge in [-0.25, -0.2) is 13.2 Å². The van der Waals surface area contributed by atoms with Crippen LogP contribution in [0.3, 0.4) is 0 Å². The van der Waals surface area contributed by atoms with Crippen molar-refractivity contribution in [2.45, 2.75) is 39.5 Å². The predicted molar refractivity (Wildman–Crippen MR) is 116 cm³/mol. The Labute approximate surface area is 181 Å². The second-order valence-electron chi connectivity index (χ2n) is 6.91. The molecular formula is C21H27N3O6S. The van der Waals surface area contributed by atoms with Gasteiger partial charge in [-0.2, -0.15) is 4.31 Å². The Hall–Kier alpha value is -2.98. The SMILES string of the molecule is CCOC(=O)c1[nH]c(C)c(C(=O)CN(CC)S(=O)(=O)c2ccc(NC(C)=O)cc2)c1C. The number of aromatic amines is 1. The fourth-order valence-electron chi connectivity index (χ4n) is 3.24. The fraction of sp³-hybridized carbons (Fsp3) is 0.381. The quantitative estimate of drug-likeness (QED) is 0.448. The van der Waals surface area contributed by atoms with Crippen LogP contribution in [0, 0.1) is 13.8 Å². The standard InChI is InChI=1S/C21H27N3O6S/c1-6-24(31(28,29)17-10-8-16(9-11-17)23-15(5)25)12-18(26)19-13(3)20(22-14(19)4)21(27)30-7-2/h8-11,22H,6-7,12H2,1-5H3,(H,23,25). The summed E-state index contributed by atoms with van der Waals surface area (Å²) in [5, 5.41) is 2.57. The summed E-state index contributed by atoms with van der Waals surface area (Å²) in [6.07, 6.45) is 0. The van der Waals surface area contributed by atoms with Gasteiger partial charge in [0.25, 0.3) is 0 Å². The van der Waals surface area contributed by atoms with Gasteiger partial charge in [-0.1, -0.05) is 6.92 Å². The third-order valence-electron chi connectivity index (χ3n) is 4.68. The van der Waals surface area contributed by atoms with E-state index < -0.39 is 21.8 Å². The van der Waals surface area contributed by atoms with E-state index in [-0.39, 0.29) is 41.8 Å². The highest BCUT2D eigenvalue weighted by Crippen LogP contribution is 2.22. The number of anilines is 1. The van der Waals surface area contributed by atoms with E-state index in [1.54, 1.807) is 27.7 Å². The number of ether oxygens (including phenoxy) is 1. The highest BCUT2D eigenvalue weighted by atomic mass is 32.2. The van der Waals surface area contributed by atoms with Crippen LogP contribution >= 0.6 is 0 Å². The number of hydrogen-bond acceptors (Lipinski definition) is 6. The summed E-state index contributed by atoms with van der Waals surface area (Å²) in [7, 11) is -3.95. The molecule has 0 bridgehead atoms. The van der Waals surface area contributed by atoms with Gasteiger partial charge in [0.2, 0.25) is 15.9 Å². The average Bonchev–Trinajstić information content (AvgIpc) is 3.00. The van der Waals surface area contributed by atoms with Gasteiger partial charge in [-0.3, -0.25) is 9.59 Å². The molecule has 0 saturated heterocycles. The van der Waals surface area contributed by atoms with Gasteiger partial charge in [-0.15, -0.1) is 0 Å². The minimum atomic E-state index is -3.95. The molecule has 0 aliphatic carbocycles. The molecular weight excluding hydrogens is 422 g/mol. The molecule has 31 heavy (non-hydrogen) atoms. The Morgan fingerprint density at radius 3 is 2.23 bits per heavy atom. The lowest BCUT2D eigenvalue weighted by atomic mass is 10.1. The second-order valence-corrected chi connectivity index (χ2v) is 8.84. The molecule has 1 aromatic heterocycles. The number of nitrogens with one attached hydrogen (secondary N) is 2. The number of nitrogens with zero attached hydrogens (tertiary/aromatic N) is 1. The smallest absolute Gasteiger partial charge is 0.355 e. The van der Waals surface area contributed by atoms with E-state index in [0.29, 0.717) is 16.9 Å². The van der Waals surface area contributed by atoms with E-state index in [1.165, 1.54) is 31.2 Å². The second kappa shape index (κ2) is 9.88. The van der Waals surface area contributed by atoms with Crippen molar-refractivity contribution in [2.75, 3.05) is 25.0 Å². The number of carbonyl (C=O) groups excluding carboxylic acids is 3. The van der Waals surface area contributed by atoms with Crippen LogP contribution < -0.4 is 5.32 Å². The van der Waals surface area contributed by atoms with E-state index in [1.807, 2.05) is 0 Å².